The van der Waals surface area contributed by atoms with E-state index in [1.165, 1.54) is 42.6 Å². The molecule has 5 heterocycles. The fourth-order valence-corrected chi connectivity index (χ4v) is 7.92. The van der Waals surface area contributed by atoms with E-state index in [1.54, 1.807) is 30.3 Å². The lowest BCUT2D eigenvalue weighted by atomic mass is 9.98. The zero-order valence-electron chi connectivity index (χ0n) is 31.7. The normalized spacial score (nSPS) is 16.0. The van der Waals surface area contributed by atoms with E-state index in [0.29, 0.717) is 70.1 Å². The molecule has 3 aromatic heterocycles. The molecule has 0 radical (unpaired) electrons. The van der Waals surface area contributed by atoms with Crippen LogP contribution >= 0.6 is 11.6 Å². The van der Waals surface area contributed by atoms with Crippen LogP contribution in [0.15, 0.2) is 79.3 Å². The fraction of sp³-hybridized carbons (Fsp3) is 0.279. The van der Waals surface area contributed by atoms with Crippen molar-refractivity contribution in [1.29, 1.82) is 0 Å². The number of para-hydroxylation sites is 1. The molecule has 2 amide bonds. The Morgan fingerprint density at radius 3 is 2.22 bits per heavy atom. The number of piperidine rings is 2. The molecule has 0 saturated carbocycles. The number of ether oxygens (including phenoxy) is 4. The van der Waals surface area contributed by atoms with Gasteiger partial charge in [-0.25, -0.2) is 9.37 Å². The smallest absolute Gasteiger partial charge is 0.295 e. The number of halogens is 2. The summed E-state index contributed by atoms with van der Waals surface area (Å²) in [6.07, 6.45) is 5.75. The van der Waals surface area contributed by atoms with Gasteiger partial charge < -0.3 is 38.7 Å². The van der Waals surface area contributed by atoms with Crippen LogP contribution in [0, 0.1) is 5.82 Å². The molecule has 298 valence electrons. The molecule has 0 spiro atoms. The highest BCUT2D eigenvalue weighted by atomic mass is 35.5. The van der Waals surface area contributed by atoms with E-state index >= 15 is 4.39 Å². The minimum atomic E-state index is -0.828. The number of methoxy groups -OCH3 is 2. The van der Waals surface area contributed by atoms with Gasteiger partial charge in [0.25, 0.3) is 23.4 Å². The Bertz CT molecular complexity index is 2550. The summed E-state index contributed by atoms with van der Waals surface area (Å²) in [6, 6.07) is 17.4. The number of amides is 2. The summed E-state index contributed by atoms with van der Waals surface area (Å²) in [5.74, 6) is -2.05. The van der Waals surface area contributed by atoms with Crippen molar-refractivity contribution in [2.45, 2.75) is 37.9 Å². The molecule has 15 heteroatoms. The lowest BCUT2D eigenvalue weighted by Gasteiger charge is -2.32. The molecule has 0 bridgehead atoms. The fourth-order valence-electron chi connectivity index (χ4n) is 7.75. The number of aromatic nitrogens is 3. The van der Waals surface area contributed by atoms with Gasteiger partial charge in [-0.3, -0.25) is 19.2 Å². The van der Waals surface area contributed by atoms with Crippen molar-refractivity contribution >= 4 is 56.8 Å². The topological polar surface area (TPSA) is 156 Å². The third-order valence-electron chi connectivity index (χ3n) is 10.7. The molecular weight excluding hydrogens is 769 g/mol. The summed E-state index contributed by atoms with van der Waals surface area (Å²) >= 11 is 6.43. The summed E-state index contributed by atoms with van der Waals surface area (Å²) in [7, 11) is 2.90. The van der Waals surface area contributed by atoms with Crippen molar-refractivity contribution < 1.29 is 42.5 Å². The Balaban J connectivity index is 0.973. The van der Waals surface area contributed by atoms with Crippen molar-refractivity contribution in [2.24, 2.45) is 0 Å². The van der Waals surface area contributed by atoms with Gasteiger partial charge in [0.2, 0.25) is 5.88 Å². The highest BCUT2D eigenvalue weighted by Crippen LogP contribution is 2.39. The molecule has 1 atom stereocenters. The maximum absolute atomic E-state index is 16.7. The number of benzene rings is 3. The molecule has 6 aromatic rings. The summed E-state index contributed by atoms with van der Waals surface area (Å²) in [5, 5.41) is 0.718. The van der Waals surface area contributed by atoms with E-state index in [4.69, 9.17) is 30.5 Å². The van der Waals surface area contributed by atoms with E-state index in [0.717, 1.165) is 6.42 Å². The number of pyridine rings is 1. The van der Waals surface area contributed by atoms with Crippen LogP contribution in [0.3, 0.4) is 0 Å². The monoisotopic (exact) mass is 807 g/mol. The van der Waals surface area contributed by atoms with Gasteiger partial charge in [-0.1, -0.05) is 29.8 Å². The summed E-state index contributed by atoms with van der Waals surface area (Å²) in [4.78, 5) is 67.3. The summed E-state index contributed by atoms with van der Waals surface area (Å²) < 4.78 is 39.9. The highest BCUT2D eigenvalue weighted by molar-refractivity contribution is 6.45. The van der Waals surface area contributed by atoms with Crippen molar-refractivity contribution in [2.75, 3.05) is 40.4 Å². The summed E-state index contributed by atoms with van der Waals surface area (Å²) in [5.41, 5.74) is 1.32. The van der Waals surface area contributed by atoms with E-state index in [-0.39, 0.29) is 59.8 Å². The van der Waals surface area contributed by atoms with Crippen LogP contribution in [0.2, 0.25) is 5.02 Å². The van der Waals surface area contributed by atoms with Crippen LogP contribution in [0.25, 0.3) is 32.9 Å². The number of aromatic amines is 2. The molecule has 2 fully saturated rings. The van der Waals surface area contributed by atoms with Crippen molar-refractivity contribution in [3.8, 4) is 34.3 Å². The number of Topliss-reactive ketones (excluding diaryl/α,β-unsaturated/α-hetero) is 2. The number of likely N-dealkylation sites (tertiary alicyclic amines) is 2. The second-order valence-electron chi connectivity index (χ2n) is 14.2. The number of nitrogens with zero attached hydrogens (tertiary/aromatic N) is 3. The molecule has 2 saturated heterocycles. The lowest BCUT2D eigenvalue weighted by molar-refractivity contribution is -0.129. The first-order valence-corrected chi connectivity index (χ1v) is 19.3. The number of rotatable bonds is 11. The van der Waals surface area contributed by atoms with E-state index < -0.39 is 29.2 Å². The first kappa shape index (κ1) is 38.5. The van der Waals surface area contributed by atoms with E-state index in [1.807, 2.05) is 30.3 Å². The molecule has 3 aromatic carbocycles. The molecule has 2 N–H and O–H groups in total. The van der Waals surface area contributed by atoms with Crippen LogP contribution < -0.4 is 18.9 Å². The number of nitrogens with one attached hydrogen (secondary N) is 2. The molecule has 8 rings (SSSR count). The van der Waals surface area contributed by atoms with Crippen LogP contribution in [0.5, 0.6) is 23.1 Å². The van der Waals surface area contributed by atoms with Gasteiger partial charge in [0.05, 0.1) is 43.5 Å². The van der Waals surface area contributed by atoms with Gasteiger partial charge in [0, 0.05) is 71.9 Å². The standard InChI is InChI=1S/C43H39ClFN5O8/c1-55-34-22-48-41(56-2)38-36(34)31(21-47-38)40(52)42(53)49-17-14-26(15-18-49)58-33-13-10-24(44)19-29(33)28-11-12-32-35(37(28)45)30(20-46-32)39(51)43(54)50-16-6-9-27(23-50)57-25-7-4-3-5-8-25/h3-5,7-8,10-13,19-22,26-27,46-47H,6,9,14-18,23H2,1-2H3. The van der Waals surface area contributed by atoms with Crippen molar-refractivity contribution in [3.63, 3.8) is 0 Å². The second kappa shape index (κ2) is 16.2. The predicted molar refractivity (Wildman–Crippen MR) is 213 cm³/mol. The lowest BCUT2D eigenvalue weighted by Crippen LogP contribution is -2.47. The maximum Gasteiger partial charge on any atom is 0.295 e. The van der Waals surface area contributed by atoms with Gasteiger partial charge in [-0.15, -0.1) is 0 Å². The molecule has 1 unspecified atom stereocenters. The molecular formula is C43H39ClFN5O8. The second-order valence-corrected chi connectivity index (χ2v) is 14.6. The van der Waals surface area contributed by atoms with Gasteiger partial charge in [-0.05, 0) is 55.3 Å². The first-order valence-electron chi connectivity index (χ1n) is 18.9. The van der Waals surface area contributed by atoms with Gasteiger partial charge >= 0.3 is 0 Å². The molecule has 58 heavy (non-hydrogen) atoms. The largest absolute Gasteiger partial charge is 0.494 e. The SMILES string of the molecule is COc1ncc(OC)c2c(C(=O)C(=O)N3CCC(Oc4ccc(Cl)cc4-c4ccc5[nH]cc(C(=O)C(=O)N6CCCC(Oc7ccccc7)C6)c5c4F)CC3)c[nH]c12. The Morgan fingerprint density at radius 1 is 0.759 bits per heavy atom. The number of carbonyl (C=O) groups excluding carboxylic acids is 4. The highest BCUT2D eigenvalue weighted by Gasteiger charge is 2.34. The summed E-state index contributed by atoms with van der Waals surface area (Å²) in [6.45, 7) is 1.09. The molecule has 13 nitrogen and oxygen atoms in total. The predicted octanol–water partition coefficient (Wildman–Crippen LogP) is 7.03. The first-order chi connectivity index (χ1) is 28.1. The number of fused-ring (bicyclic) bond motifs is 2. The minimum Gasteiger partial charge on any atom is -0.494 e. The van der Waals surface area contributed by atoms with E-state index in [9.17, 15) is 19.2 Å². The van der Waals surface area contributed by atoms with Crippen LogP contribution in [-0.2, 0) is 9.59 Å². The third kappa shape index (κ3) is 7.31. The van der Waals surface area contributed by atoms with Gasteiger partial charge in [0.1, 0.15) is 40.8 Å². The zero-order valence-corrected chi connectivity index (χ0v) is 32.4. The van der Waals surface area contributed by atoms with Gasteiger partial charge in [-0.2, -0.15) is 0 Å². The number of hydrogen-bond acceptors (Lipinski definition) is 9. The van der Waals surface area contributed by atoms with Crippen LogP contribution in [0.4, 0.5) is 4.39 Å². The number of hydrogen-bond donors (Lipinski definition) is 2. The average molecular weight is 808 g/mol. The van der Waals surface area contributed by atoms with Crippen LogP contribution in [-0.4, -0.2) is 101 Å². The molecule has 0 aliphatic carbocycles. The molecule has 2 aliphatic heterocycles. The van der Waals surface area contributed by atoms with Crippen molar-refractivity contribution in [3.05, 3.63) is 101 Å². The quantitative estimate of drug-likeness (QED) is 0.104. The number of H-pyrrole nitrogens is 2. The van der Waals surface area contributed by atoms with E-state index in [2.05, 4.69) is 15.0 Å². The zero-order chi connectivity index (χ0) is 40.5. The van der Waals surface area contributed by atoms with Crippen LogP contribution in [0.1, 0.15) is 46.4 Å². The number of carbonyl (C=O) groups is 4. The Kier molecular flexibility index (Phi) is 10.8. The third-order valence-corrected chi connectivity index (χ3v) is 10.9. The van der Waals surface area contributed by atoms with Gasteiger partial charge in [0.15, 0.2) is 0 Å². The Hall–Kier alpha value is -6.41. The van der Waals surface area contributed by atoms with Crippen molar-refractivity contribution in [1.82, 2.24) is 24.8 Å². The number of ketones is 2. The Morgan fingerprint density at radius 2 is 1.48 bits per heavy atom. The molecule has 2 aliphatic rings. The average Bonchev–Trinajstić information content (AvgIpc) is 3.90. The minimum absolute atomic E-state index is 0.0186. The maximum atomic E-state index is 16.7. The Labute approximate surface area is 337 Å².